The fraction of sp³-hybridized carbons (Fsp3) is 0.538. The van der Waals surface area contributed by atoms with Crippen LogP contribution in [-0.2, 0) is 17.6 Å². The number of thioether (sulfide) groups is 1. The third-order valence-corrected chi connectivity index (χ3v) is 11.3. The van der Waals surface area contributed by atoms with E-state index in [1.165, 1.54) is 54.5 Å². The topological polar surface area (TPSA) is 50.5 Å². The van der Waals surface area contributed by atoms with Gasteiger partial charge in [0.25, 0.3) is 0 Å². The van der Waals surface area contributed by atoms with Gasteiger partial charge in [-0.2, -0.15) is 0 Å². The highest BCUT2D eigenvalue weighted by molar-refractivity contribution is 8.02. The molecule has 45 heavy (non-hydrogen) atoms. The van der Waals surface area contributed by atoms with Gasteiger partial charge in [0, 0.05) is 41.6 Å². The van der Waals surface area contributed by atoms with E-state index < -0.39 is 0 Å². The van der Waals surface area contributed by atoms with E-state index in [9.17, 15) is 0 Å². The maximum Gasteiger partial charge on any atom is 0.0995 e. The second-order valence-corrected chi connectivity index (χ2v) is 15.0. The average Bonchev–Trinajstić information content (AvgIpc) is 3.49. The van der Waals surface area contributed by atoms with Crippen molar-refractivity contribution in [1.29, 1.82) is 0 Å². The standard InChI is InChI=1S/C39H54ClN3OS/c1-5-7-8-9-10-12-38(44-26-39-42-19-20-45-39)35-17-15-32(35)24-43-25-36(34-18-16-33(40)22-30(34)11-6-2)27(3)21-31-14-13-29(28(4)41)23-37(31)43/h10,12-14,16,18-20,22-23,27,32,35-36,38-39,42H,4-9,11,15,17,21,24-26,41H2,1-3H3/b12-10+. The molecule has 0 bridgehead atoms. The third kappa shape index (κ3) is 8.73. The first-order chi connectivity index (χ1) is 21.9. The maximum atomic E-state index is 6.69. The molecule has 2 heterocycles. The molecule has 0 spiro atoms. The van der Waals surface area contributed by atoms with Gasteiger partial charge in [-0.3, -0.25) is 0 Å². The van der Waals surface area contributed by atoms with Gasteiger partial charge >= 0.3 is 0 Å². The zero-order valence-electron chi connectivity index (χ0n) is 27.6. The number of nitrogens with two attached hydrogens (primary N) is 1. The van der Waals surface area contributed by atoms with Gasteiger partial charge in [-0.05, 0) is 102 Å². The summed E-state index contributed by atoms with van der Waals surface area (Å²) < 4.78 is 6.69. The van der Waals surface area contributed by atoms with Crippen LogP contribution in [0.4, 0.5) is 5.69 Å². The van der Waals surface area contributed by atoms with Gasteiger partial charge in [-0.1, -0.05) is 88.6 Å². The summed E-state index contributed by atoms with van der Waals surface area (Å²) in [6.45, 7) is 13.8. The summed E-state index contributed by atoms with van der Waals surface area (Å²) in [5.74, 6) is 2.02. The number of unbranched alkanes of at least 4 members (excludes halogenated alkanes) is 3. The molecular weight excluding hydrogens is 594 g/mol. The Morgan fingerprint density at radius 1 is 1.18 bits per heavy atom. The van der Waals surface area contributed by atoms with Crippen molar-refractivity contribution in [2.24, 2.45) is 23.5 Å². The Morgan fingerprint density at radius 2 is 2.04 bits per heavy atom. The molecular formula is C39H54ClN3OS. The predicted octanol–water partition coefficient (Wildman–Crippen LogP) is 9.69. The molecule has 0 saturated heterocycles. The van der Waals surface area contributed by atoms with Gasteiger partial charge in [-0.15, -0.1) is 11.8 Å². The largest absolute Gasteiger partial charge is 0.399 e. The van der Waals surface area contributed by atoms with Crippen molar-refractivity contribution in [3.8, 4) is 0 Å². The molecule has 1 aliphatic carbocycles. The van der Waals surface area contributed by atoms with Crippen molar-refractivity contribution < 1.29 is 4.74 Å². The van der Waals surface area contributed by atoms with Gasteiger partial charge in [0.15, 0.2) is 0 Å². The van der Waals surface area contributed by atoms with E-state index in [4.69, 9.17) is 22.1 Å². The zero-order valence-corrected chi connectivity index (χ0v) is 29.2. The van der Waals surface area contributed by atoms with E-state index in [1.54, 1.807) is 0 Å². The van der Waals surface area contributed by atoms with Gasteiger partial charge < -0.3 is 20.7 Å². The van der Waals surface area contributed by atoms with E-state index in [2.05, 4.69) is 91.5 Å². The van der Waals surface area contributed by atoms with Crippen LogP contribution in [0, 0.1) is 17.8 Å². The number of rotatable bonds is 15. The Balaban J connectivity index is 1.41. The highest BCUT2D eigenvalue weighted by Crippen LogP contribution is 2.44. The van der Waals surface area contributed by atoms with Gasteiger partial charge in [0.05, 0.1) is 18.1 Å². The number of hydrogen-bond acceptors (Lipinski definition) is 5. The SMILES string of the molecule is C=C(N)c1ccc2c(c1)N(CC1CCC1C(/C=C/CCCCC)OCC1NC=CS1)CC(c1ccc(Cl)cc1CCC)C(C)C2. The lowest BCUT2D eigenvalue weighted by atomic mass is 9.70. The molecule has 6 heteroatoms. The number of hydrogen-bond donors (Lipinski definition) is 2. The van der Waals surface area contributed by atoms with Crippen molar-refractivity contribution in [2.45, 2.75) is 96.0 Å². The van der Waals surface area contributed by atoms with E-state index in [0.717, 1.165) is 56.0 Å². The minimum absolute atomic E-state index is 0.150. The van der Waals surface area contributed by atoms with Crippen LogP contribution in [0.1, 0.15) is 93.9 Å². The maximum absolute atomic E-state index is 6.69. The quantitative estimate of drug-likeness (QED) is 0.149. The molecule has 2 aromatic rings. The molecule has 2 aromatic carbocycles. The molecule has 2 aliphatic heterocycles. The van der Waals surface area contributed by atoms with Crippen LogP contribution < -0.4 is 16.0 Å². The van der Waals surface area contributed by atoms with Gasteiger partial charge in [0.1, 0.15) is 0 Å². The lowest BCUT2D eigenvalue weighted by Gasteiger charge is -2.44. The molecule has 0 amide bonds. The monoisotopic (exact) mass is 647 g/mol. The second kappa shape index (κ2) is 16.5. The average molecular weight is 648 g/mol. The van der Waals surface area contributed by atoms with Crippen molar-refractivity contribution in [2.75, 3.05) is 24.6 Å². The Labute approximate surface area is 281 Å². The van der Waals surface area contributed by atoms with Crippen molar-refractivity contribution in [3.63, 3.8) is 0 Å². The smallest absolute Gasteiger partial charge is 0.0995 e. The number of allylic oxidation sites excluding steroid dienone is 1. The number of benzene rings is 2. The molecule has 0 aromatic heterocycles. The fourth-order valence-electron chi connectivity index (χ4n) is 7.44. The Morgan fingerprint density at radius 3 is 2.76 bits per heavy atom. The number of fused-ring (bicyclic) bond motifs is 1. The second-order valence-electron chi connectivity index (χ2n) is 13.5. The number of anilines is 1. The van der Waals surface area contributed by atoms with Crippen LogP contribution in [0.3, 0.4) is 0 Å². The molecule has 5 rings (SSSR count). The Bertz CT molecular complexity index is 1330. The molecule has 6 atom stereocenters. The number of aryl methyl sites for hydroxylation is 1. The molecule has 6 unspecified atom stereocenters. The zero-order chi connectivity index (χ0) is 31.8. The van der Waals surface area contributed by atoms with E-state index >= 15 is 0 Å². The number of nitrogens with zero attached hydrogens (tertiary/aromatic N) is 1. The lowest BCUT2D eigenvalue weighted by Crippen LogP contribution is -2.45. The summed E-state index contributed by atoms with van der Waals surface area (Å²) in [4.78, 5) is 2.69. The van der Waals surface area contributed by atoms with Crippen LogP contribution in [0.2, 0.25) is 5.02 Å². The molecule has 1 saturated carbocycles. The molecule has 3 N–H and O–H groups in total. The molecule has 4 nitrogen and oxygen atoms in total. The lowest BCUT2D eigenvalue weighted by molar-refractivity contribution is -0.0141. The van der Waals surface area contributed by atoms with Crippen molar-refractivity contribution in [1.82, 2.24) is 5.32 Å². The summed E-state index contributed by atoms with van der Waals surface area (Å²) in [5.41, 5.74) is 13.5. The van der Waals surface area contributed by atoms with E-state index in [0.29, 0.717) is 34.7 Å². The summed E-state index contributed by atoms with van der Waals surface area (Å²) in [7, 11) is 0. The van der Waals surface area contributed by atoms with E-state index in [1.807, 2.05) is 18.0 Å². The number of nitrogens with one attached hydrogen (secondary N) is 1. The summed E-state index contributed by atoms with van der Waals surface area (Å²) in [6, 6.07) is 13.3. The first-order valence-corrected chi connectivity index (χ1v) is 18.7. The number of halogens is 1. The van der Waals surface area contributed by atoms with Crippen LogP contribution in [-0.4, -0.2) is 31.2 Å². The Hall–Kier alpha value is -2.34. The fourth-order valence-corrected chi connectivity index (χ4v) is 8.30. The first-order valence-electron chi connectivity index (χ1n) is 17.3. The highest BCUT2D eigenvalue weighted by atomic mass is 35.5. The van der Waals surface area contributed by atoms with E-state index in [-0.39, 0.29) is 6.10 Å². The summed E-state index contributed by atoms with van der Waals surface area (Å²) in [6.07, 6.45) is 17.6. The molecule has 244 valence electrons. The first kappa shape index (κ1) is 34.0. The normalized spacial score (nSPS) is 25.1. The van der Waals surface area contributed by atoms with Crippen molar-refractivity contribution in [3.05, 3.63) is 94.0 Å². The Kier molecular flexibility index (Phi) is 12.4. The minimum Gasteiger partial charge on any atom is -0.399 e. The van der Waals surface area contributed by atoms with Crippen LogP contribution in [0.25, 0.3) is 5.70 Å². The highest BCUT2D eigenvalue weighted by Gasteiger charge is 2.39. The van der Waals surface area contributed by atoms with Gasteiger partial charge in [0.2, 0.25) is 0 Å². The van der Waals surface area contributed by atoms with Gasteiger partial charge in [-0.25, -0.2) is 0 Å². The summed E-state index contributed by atoms with van der Waals surface area (Å²) in [5, 5.41) is 6.69. The molecule has 3 aliphatic rings. The minimum atomic E-state index is 0.150. The molecule has 1 fully saturated rings. The summed E-state index contributed by atoms with van der Waals surface area (Å²) >= 11 is 8.33. The third-order valence-electron chi connectivity index (χ3n) is 10.2. The van der Waals surface area contributed by atoms with Crippen LogP contribution >= 0.6 is 23.4 Å². The van der Waals surface area contributed by atoms with Crippen molar-refractivity contribution >= 4 is 34.7 Å². The molecule has 0 radical (unpaired) electrons. The van der Waals surface area contributed by atoms with Crippen LogP contribution in [0.15, 0.2) is 66.7 Å². The van der Waals surface area contributed by atoms with Crippen LogP contribution in [0.5, 0.6) is 0 Å². The number of ether oxygens (including phenoxy) is 1. The predicted molar refractivity (Wildman–Crippen MR) is 196 cm³/mol.